The van der Waals surface area contributed by atoms with Crippen LogP contribution >= 0.6 is 23.2 Å². The van der Waals surface area contributed by atoms with Crippen molar-refractivity contribution in [3.8, 4) is 5.75 Å². The van der Waals surface area contributed by atoms with Gasteiger partial charge in [0.05, 0.1) is 6.61 Å². The Balaban J connectivity index is 1.67. The molecule has 3 N–H and O–H groups in total. The molecule has 134 valence electrons. The summed E-state index contributed by atoms with van der Waals surface area (Å²) in [4.78, 5) is 0. The molecule has 1 aliphatic rings. The van der Waals surface area contributed by atoms with E-state index in [1.165, 1.54) is 0 Å². The van der Waals surface area contributed by atoms with Crippen LogP contribution in [0.2, 0.25) is 10.0 Å². The first-order valence-corrected chi connectivity index (χ1v) is 8.55. The quantitative estimate of drug-likeness (QED) is 0.754. The lowest BCUT2D eigenvalue weighted by molar-refractivity contribution is -0.244. The van der Waals surface area contributed by atoms with Gasteiger partial charge in [-0.2, -0.15) is 0 Å². The second-order valence-electron chi connectivity index (χ2n) is 5.92. The van der Waals surface area contributed by atoms with Gasteiger partial charge in [0.1, 0.15) is 18.0 Å². The highest BCUT2D eigenvalue weighted by Gasteiger charge is 2.39. The minimum Gasteiger partial charge on any atom is -0.482 e. The van der Waals surface area contributed by atoms with Crippen molar-refractivity contribution in [1.82, 2.24) is 0 Å². The Morgan fingerprint density at radius 3 is 2.44 bits per heavy atom. The fourth-order valence-electron chi connectivity index (χ4n) is 2.63. The number of rotatable bonds is 4. The van der Waals surface area contributed by atoms with Crippen molar-refractivity contribution >= 4 is 23.2 Å². The predicted octanol–water partition coefficient (Wildman–Crippen LogP) is 2.40. The zero-order valence-electron chi connectivity index (χ0n) is 13.2. The number of hydrogen-bond donors (Lipinski definition) is 3. The first-order valence-electron chi connectivity index (χ1n) is 7.79. The van der Waals surface area contributed by atoms with E-state index < -0.39 is 24.6 Å². The summed E-state index contributed by atoms with van der Waals surface area (Å²) in [5, 5.41) is 30.5. The molecule has 0 spiro atoms. The van der Waals surface area contributed by atoms with E-state index >= 15 is 0 Å². The summed E-state index contributed by atoms with van der Waals surface area (Å²) in [6, 6.07) is 12.5. The third-order valence-electron chi connectivity index (χ3n) is 4.05. The first-order chi connectivity index (χ1) is 11.9. The molecule has 1 saturated heterocycles. The van der Waals surface area contributed by atoms with Gasteiger partial charge in [0.15, 0.2) is 12.4 Å². The number of halogens is 2. The molecule has 0 radical (unpaired) electrons. The lowest BCUT2D eigenvalue weighted by atomic mass is 10.0. The zero-order valence-corrected chi connectivity index (χ0v) is 14.7. The molecule has 7 heteroatoms. The molecule has 25 heavy (non-hydrogen) atoms. The highest BCUT2D eigenvalue weighted by molar-refractivity contribution is 6.35. The summed E-state index contributed by atoms with van der Waals surface area (Å²) < 4.78 is 10.5. The smallest absolute Gasteiger partial charge is 0.195 e. The number of aliphatic hydroxyl groups excluding tert-OH is 3. The van der Waals surface area contributed by atoms with Crippen molar-refractivity contribution in [3.63, 3.8) is 0 Å². The minimum absolute atomic E-state index is 0.136. The van der Waals surface area contributed by atoms with Crippen molar-refractivity contribution in [2.45, 2.75) is 31.0 Å². The summed E-state index contributed by atoms with van der Waals surface area (Å²) in [5.74, 6) is 0.451. The number of aliphatic hydroxyl groups is 3. The molecular weight excluding hydrogens is 367 g/mol. The fraction of sp³-hybridized carbons (Fsp3) is 0.333. The standard InChI is InChI=1S/C18H18Cl2O5/c19-12-4-3-11(14(20)8-12)7-10-1-5-13(6-2-10)25-17-16(22)15(21)9-24-18(17)23/h1-6,8,15-18,21-23H,7,9H2/t15-,16+,17-,18-/m1/s1. The van der Waals surface area contributed by atoms with Gasteiger partial charge >= 0.3 is 0 Å². The van der Waals surface area contributed by atoms with Gasteiger partial charge in [0.2, 0.25) is 0 Å². The molecule has 4 atom stereocenters. The Kier molecular flexibility index (Phi) is 5.84. The number of hydrogen-bond acceptors (Lipinski definition) is 5. The van der Waals surface area contributed by atoms with E-state index in [1.54, 1.807) is 24.3 Å². The Hall–Kier alpha value is -1.34. The summed E-state index contributed by atoms with van der Waals surface area (Å²) in [6.07, 6.45) is -4.05. The summed E-state index contributed by atoms with van der Waals surface area (Å²) in [7, 11) is 0. The van der Waals surface area contributed by atoms with Crippen molar-refractivity contribution in [2.24, 2.45) is 0 Å². The Bertz CT molecular complexity index is 722. The molecule has 2 aromatic rings. The Morgan fingerprint density at radius 1 is 1.04 bits per heavy atom. The fourth-order valence-corrected chi connectivity index (χ4v) is 3.11. The van der Waals surface area contributed by atoms with Crippen LogP contribution in [-0.2, 0) is 11.2 Å². The average molecular weight is 385 g/mol. The van der Waals surface area contributed by atoms with E-state index in [0.717, 1.165) is 11.1 Å². The maximum Gasteiger partial charge on any atom is 0.195 e. The van der Waals surface area contributed by atoms with E-state index in [4.69, 9.17) is 32.7 Å². The summed E-state index contributed by atoms with van der Waals surface area (Å²) >= 11 is 12.1. The van der Waals surface area contributed by atoms with Gasteiger partial charge in [-0.25, -0.2) is 0 Å². The summed E-state index contributed by atoms with van der Waals surface area (Å²) in [5.41, 5.74) is 1.96. The third kappa shape index (κ3) is 4.44. The molecule has 1 aliphatic heterocycles. The number of benzene rings is 2. The molecule has 0 aliphatic carbocycles. The maximum absolute atomic E-state index is 9.93. The van der Waals surface area contributed by atoms with Crippen LogP contribution in [0.5, 0.6) is 5.75 Å². The van der Waals surface area contributed by atoms with Crippen molar-refractivity contribution in [2.75, 3.05) is 6.61 Å². The van der Waals surface area contributed by atoms with Gasteiger partial charge in [-0.05, 0) is 41.8 Å². The van der Waals surface area contributed by atoms with Crippen LogP contribution in [0, 0.1) is 0 Å². The molecule has 0 bridgehead atoms. The second kappa shape index (κ2) is 7.91. The SMILES string of the molecule is O[C@@H]1[C@@H](Oc2ccc(Cc3ccc(Cl)cc3Cl)cc2)[C@H](O)OC[C@H]1O. The molecule has 1 heterocycles. The highest BCUT2D eigenvalue weighted by atomic mass is 35.5. The van der Waals surface area contributed by atoms with E-state index in [1.807, 2.05) is 18.2 Å². The maximum atomic E-state index is 9.93. The van der Waals surface area contributed by atoms with E-state index in [2.05, 4.69) is 0 Å². The average Bonchev–Trinajstić information content (AvgIpc) is 2.59. The zero-order chi connectivity index (χ0) is 18.0. The highest BCUT2D eigenvalue weighted by Crippen LogP contribution is 2.25. The van der Waals surface area contributed by atoms with E-state index in [-0.39, 0.29) is 6.61 Å². The lowest BCUT2D eigenvalue weighted by Crippen LogP contribution is -2.55. The van der Waals surface area contributed by atoms with Crippen LogP contribution in [0.1, 0.15) is 11.1 Å². The Morgan fingerprint density at radius 2 is 1.76 bits per heavy atom. The van der Waals surface area contributed by atoms with Crippen LogP contribution in [0.15, 0.2) is 42.5 Å². The lowest BCUT2D eigenvalue weighted by Gasteiger charge is -2.35. The molecule has 0 unspecified atom stereocenters. The van der Waals surface area contributed by atoms with Crippen LogP contribution < -0.4 is 4.74 Å². The molecule has 1 fully saturated rings. The molecule has 0 amide bonds. The topological polar surface area (TPSA) is 79.2 Å². The Labute approximate surface area is 155 Å². The van der Waals surface area contributed by atoms with Gasteiger partial charge in [0.25, 0.3) is 0 Å². The molecule has 5 nitrogen and oxygen atoms in total. The van der Waals surface area contributed by atoms with Crippen molar-refractivity contribution < 1.29 is 24.8 Å². The summed E-state index contributed by atoms with van der Waals surface area (Å²) in [6.45, 7) is -0.136. The second-order valence-corrected chi connectivity index (χ2v) is 6.76. The van der Waals surface area contributed by atoms with Crippen LogP contribution in [0.4, 0.5) is 0 Å². The van der Waals surface area contributed by atoms with Crippen LogP contribution in [-0.4, -0.2) is 46.5 Å². The van der Waals surface area contributed by atoms with Crippen molar-refractivity contribution in [1.29, 1.82) is 0 Å². The third-order valence-corrected chi connectivity index (χ3v) is 4.64. The minimum atomic E-state index is -1.30. The molecule has 0 saturated carbocycles. The van der Waals surface area contributed by atoms with Crippen LogP contribution in [0.3, 0.4) is 0 Å². The van der Waals surface area contributed by atoms with E-state index in [0.29, 0.717) is 22.2 Å². The largest absolute Gasteiger partial charge is 0.482 e. The van der Waals surface area contributed by atoms with E-state index in [9.17, 15) is 15.3 Å². The monoisotopic (exact) mass is 384 g/mol. The van der Waals surface area contributed by atoms with Gasteiger partial charge in [-0.15, -0.1) is 0 Å². The van der Waals surface area contributed by atoms with Gasteiger partial charge in [-0.3, -0.25) is 0 Å². The molecule has 3 rings (SSSR count). The first kappa shape index (κ1) is 18.5. The molecular formula is C18H18Cl2O5. The van der Waals surface area contributed by atoms with Crippen molar-refractivity contribution in [3.05, 3.63) is 63.6 Å². The molecule has 2 aromatic carbocycles. The predicted molar refractivity (Wildman–Crippen MR) is 94.1 cm³/mol. The van der Waals surface area contributed by atoms with Crippen LogP contribution in [0.25, 0.3) is 0 Å². The van der Waals surface area contributed by atoms with Gasteiger partial charge in [0, 0.05) is 10.0 Å². The number of ether oxygens (including phenoxy) is 2. The normalized spacial score (nSPS) is 26.4. The molecule has 0 aromatic heterocycles. The van der Waals surface area contributed by atoms with Gasteiger partial charge in [-0.1, -0.05) is 41.4 Å². The van der Waals surface area contributed by atoms with Gasteiger partial charge < -0.3 is 24.8 Å².